The smallest absolute Gasteiger partial charge is 0.152 e. The molecule has 1 atom stereocenters. The molecule has 76 valence electrons. The van der Waals surface area contributed by atoms with Gasteiger partial charge in [0.15, 0.2) is 5.78 Å². The lowest BCUT2D eigenvalue weighted by Gasteiger charge is -2.11. The van der Waals surface area contributed by atoms with Crippen LogP contribution in [0.15, 0.2) is 18.2 Å². The van der Waals surface area contributed by atoms with E-state index in [0.29, 0.717) is 0 Å². The molecule has 0 aliphatic carbocycles. The topological polar surface area (TPSA) is 17.1 Å². The third kappa shape index (κ3) is 2.58. The number of carbonyl (C=O) groups is 1. The minimum atomic E-state index is -0.525. The second-order valence-electron chi connectivity index (χ2n) is 3.31. The number of hydrogen-bond donors (Lipinski definition) is 0. The van der Waals surface area contributed by atoms with Gasteiger partial charge in [0.1, 0.15) is 5.38 Å². The Balaban J connectivity index is 3.13. The monoisotopic (exact) mass is 274 g/mol. The number of aryl methyl sites for hydroxylation is 1. The molecule has 0 saturated carbocycles. The van der Waals surface area contributed by atoms with E-state index in [-0.39, 0.29) is 5.78 Å². The Hall–Kier alpha value is -0.340. The summed E-state index contributed by atoms with van der Waals surface area (Å²) >= 11 is 9.40. The van der Waals surface area contributed by atoms with Crippen LogP contribution in [0.2, 0.25) is 0 Å². The van der Waals surface area contributed by atoms with Gasteiger partial charge in [0.2, 0.25) is 0 Å². The number of halogens is 2. The lowest BCUT2D eigenvalue weighted by atomic mass is 10.0. The van der Waals surface area contributed by atoms with Gasteiger partial charge in [-0.3, -0.25) is 4.79 Å². The van der Waals surface area contributed by atoms with Gasteiger partial charge < -0.3 is 0 Å². The van der Waals surface area contributed by atoms with E-state index in [2.05, 4.69) is 15.9 Å². The van der Waals surface area contributed by atoms with Crippen LogP contribution >= 0.6 is 27.5 Å². The molecule has 1 nitrogen and oxygen atoms in total. The van der Waals surface area contributed by atoms with E-state index in [0.717, 1.165) is 16.5 Å². The van der Waals surface area contributed by atoms with Crippen molar-refractivity contribution in [2.75, 3.05) is 0 Å². The highest BCUT2D eigenvalue weighted by atomic mass is 79.9. The van der Waals surface area contributed by atoms with Crippen LogP contribution in [0.1, 0.15) is 29.0 Å². The summed E-state index contributed by atoms with van der Waals surface area (Å²) in [6.45, 7) is 3.53. The molecule has 0 spiro atoms. The van der Waals surface area contributed by atoms with E-state index >= 15 is 0 Å². The highest BCUT2D eigenvalue weighted by molar-refractivity contribution is 9.08. The highest BCUT2D eigenvalue weighted by Crippen LogP contribution is 2.27. The normalized spacial score (nSPS) is 12.6. The average Bonchev–Trinajstić information content (AvgIpc) is 2.16. The first-order chi connectivity index (χ1) is 6.56. The van der Waals surface area contributed by atoms with Crippen molar-refractivity contribution in [2.24, 2.45) is 0 Å². The van der Waals surface area contributed by atoms with Gasteiger partial charge in [-0.05, 0) is 25.0 Å². The Labute approximate surface area is 97.6 Å². The molecule has 1 aromatic rings. The van der Waals surface area contributed by atoms with Crippen molar-refractivity contribution in [2.45, 2.75) is 24.6 Å². The van der Waals surface area contributed by atoms with E-state index in [1.165, 1.54) is 12.5 Å². The molecule has 0 amide bonds. The van der Waals surface area contributed by atoms with Crippen molar-refractivity contribution < 1.29 is 4.79 Å². The van der Waals surface area contributed by atoms with Gasteiger partial charge in [-0.15, -0.1) is 11.6 Å². The van der Waals surface area contributed by atoms with Gasteiger partial charge >= 0.3 is 0 Å². The molecular weight excluding hydrogens is 263 g/mol. The van der Waals surface area contributed by atoms with Gasteiger partial charge in [-0.25, -0.2) is 0 Å². The molecule has 0 saturated heterocycles. The van der Waals surface area contributed by atoms with E-state index in [1.54, 1.807) is 0 Å². The van der Waals surface area contributed by atoms with Crippen molar-refractivity contribution in [3.05, 3.63) is 34.9 Å². The van der Waals surface area contributed by atoms with Gasteiger partial charge in [-0.1, -0.05) is 39.7 Å². The van der Waals surface area contributed by atoms with E-state index in [4.69, 9.17) is 11.6 Å². The minimum Gasteiger partial charge on any atom is -0.298 e. The summed E-state index contributed by atoms with van der Waals surface area (Å²) in [6.07, 6.45) is 0. The number of hydrogen-bond acceptors (Lipinski definition) is 1. The number of Topliss-reactive ketones (excluding diaryl/α,β-unsaturated/α-hetero) is 1. The standard InChI is InChI=1S/C11H12BrClO/c1-7-3-4-10(9(5-7)6-12)11(13)8(2)14/h3-5,11H,6H2,1-2H3. The molecule has 1 aromatic carbocycles. The van der Waals surface area contributed by atoms with Crippen LogP contribution in [0, 0.1) is 6.92 Å². The first-order valence-corrected chi connectivity index (χ1v) is 5.92. The minimum absolute atomic E-state index is 0.0160. The van der Waals surface area contributed by atoms with Crippen LogP contribution in [-0.4, -0.2) is 5.78 Å². The molecule has 0 heterocycles. The molecule has 0 aromatic heterocycles. The zero-order valence-electron chi connectivity index (χ0n) is 8.18. The second kappa shape index (κ2) is 4.94. The van der Waals surface area contributed by atoms with Gasteiger partial charge in [0.25, 0.3) is 0 Å². The van der Waals surface area contributed by atoms with Crippen LogP contribution in [0.3, 0.4) is 0 Å². The van der Waals surface area contributed by atoms with Gasteiger partial charge in [-0.2, -0.15) is 0 Å². The summed E-state index contributed by atoms with van der Waals surface area (Å²) in [7, 11) is 0. The quantitative estimate of drug-likeness (QED) is 0.768. The fourth-order valence-electron chi connectivity index (χ4n) is 1.32. The molecule has 0 aliphatic rings. The molecular formula is C11H12BrClO. The Morgan fingerprint density at radius 3 is 2.71 bits per heavy atom. The Kier molecular flexibility index (Phi) is 4.14. The maximum Gasteiger partial charge on any atom is 0.152 e. The average molecular weight is 276 g/mol. The zero-order valence-corrected chi connectivity index (χ0v) is 10.5. The first-order valence-electron chi connectivity index (χ1n) is 4.36. The molecule has 0 aliphatic heterocycles. The zero-order chi connectivity index (χ0) is 10.7. The number of benzene rings is 1. The Morgan fingerprint density at radius 2 is 2.21 bits per heavy atom. The lowest BCUT2D eigenvalue weighted by Crippen LogP contribution is -2.04. The fraction of sp³-hybridized carbons (Fsp3) is 0.364. The summed E-state index contributed by atoms with van der Waals surface area (Å²) in [5.41, 5.74) is 3.16. The largest absolute Gasteiger partial charge is 0.298 e. The maximum atomic E-state index is 11.1. The van der Waals surface area contributed by atoms with Crippen molar-refractivity contribution in [3.8, 4) is 0 Å². The molecule has 0 bridgehead atoms. The predicted molar refractivity (Wildman–Crippen MR) is 63.1 cm³/mol. The third-order valence-electron chi connectivity index (χ3n) is 2.07. The van der Waals surface area contributed by atoms with Crippen LogP contribution in [0.5, 0.6) is 0 Å². The summed E-state index contributed by atoms with van der Waals surface area (Å²) < 4.78 is 0. The van der Waals surface area contributed by atoms with Crippen LogP contribution in [-0.2, 0) is 10.1 Å². The Morgan fingerprint density at radius 1 is 1.57 bits per heavy atom. The van der Waals surface area contributed by atoms with Crippen LogP contribution in [0.25, 0.3) is 0 Å². The second-order valence-corrected chi connectivity index (χ2v) is 4.31. The SMILES string of the molecule is CC(=O)C(Cl)c1ccc(C)cc1CBr. The molecule has 1 unspecified atom stereocenters. The maximum absolute atomic E-state index is 11.1. The van der Waals surface area contributed by atoms with Crippen molar-refractivity contribution in [1.29, 1.82) is 0 Å². The molecule has 3 heteroatoms. The fourth-order valence-corrected chi connectivity index (χ4v) is 2.01. The van der Waals surface area contributed by atoms with Crippen molar-refractivity contribution >= 4 is 33.3 Å². The van der Waals surface area contributed by atoms with Crippen molar-refractivity contribution in [3.63, 3.8) is 0 Å². The predicted octanol–water partition coefficient (Wildman–Crippen LogP) is 3.76. The summed E-state index contributed by atoms with van der Waals surface area (Å²) in [5, 5.41) is 0.198. The number of ketones is 1. The lowest BCUT2D eigenvalue weighted by molar-refractivity contribution is -0.116. The molecule has 14 heavy (non-hydrogen) atoms. The number of rotatable bonds is 3. The highest BCUT2D eigenvalue weighted by Gasteiger charge is 2.16. The van der Waals surface area contributed by atoms with Crippen LogP contribution < -0.4 is 0 Å². The van der Waals surface area contributed by atoms with Gasteiger partial charge in [0.05, 0.1) is 0 Å². The summed E-state index contributed by atoms with van der Waals surface area (Å²) in [5.74, 6) is -0.0160. The number of carbonyl (C=O) groups excluding carboxylic acids is 1. The Bertz CT molecular complexity index is 349. The van der Waals surface area contributed by atoms with Gasteiger partial charge in [0, 0.05) is 5.33 Å². The van der Waals surface area contributed by atoms with E-state index in [1.807, 2.05) is 25.1 Å². The molecule has 0 fully saturated rings. The third-order valence-corrected chi connectivity index (χ3v) is 3.22. The summed E-state index contributed by atoms with van der Waals surface area (Å²) in [4.78, 5) is 11.1. The number of alkyl halides is 2. The molecule has 0 N–H and O–H groups in total. The molecule has 0 radical (unpaired) electrons. The van der Waals surface area contributed by atoms with E-state index in [9.17, 15) is 4.79 Å². The van der Waals surface area contributed by atoms with E-state index < -0.39 is 5.38 Å². The van der Waals surface area contributed by atoms with Crippen LogP contribution in [0.4, 0.5) is 0 Å². The molecule has 1 rings (SSSR count). The first kappa shape index (κ1) is 11.7. The summed E-state index contributed by atoms with van der Waals surface area (Å²) in [6, 6.07) is 5.94. The van der Waals surface area contributed by atoms with Crippen molar-refractivity contribution in [1.82, 2.24) is 0 Å².